The van der Waals surface area contributed by atoms with Crippen molar-refractivity contribution in [1.29, 1.82) is 0 Å². The molecule has 2 aromatic rings. The summed E-state index contributed by atoms with van der Waals surface area (Å²) in [4.78, 5) is 0. The zero-order valence-corrected chi connectivity index (χ0v) is 12.6. The predicted molar refractivity (Wildman–Crippen MR) is 80.1 cm³/mol. The fourth-order valence-electron chi connectivity index (χ4n) is 3.14. The monoisotopic (exact) mass is 290 g/mol. The molecule has 0 saturated heterocycles. The summed E-state index contributed by atoms with van der Waals surface area (Å²) in [6.07, 6.45) is 2.95. The van der Waals surface area contributed by atoms with Gasteiger partial charge in [0.05, 0.1) is 11.3 Å². The molecule has 1 unspecified atom stereocenters. The zero-order valence-electron chi connectivity index (χ0n) is 11.9. The minimum absolute atomic E-state index is 0.569. The standard InChI is InChI=1S/C16H19ClN2O/c1-11-14(15(17)19(2)18-11)10-16(20)8-7-12-5-3-4-6-13(12)9-16/h3-6,20H,7-10H2,1-2H3. The second-order valence-electron chi connectivity index (χ2n) is 5.82. The molecule has 0 amide bonds. The van der Waals surface area contributed by atoms with Crippen LogP contribution in [0.3, 0.4) is 0 Å². The van der Waals surface area contributed by atoms with Gasteiger partial charge in [-0.05, 0) is 30.9 Å². The highest BCUT2D eigenvalue weighted by molar-refractivity contribution is 6.30. The van der Waals surface area contributed by atoms with Gasteiger partial charge >= 0.3 is 0 Å². The molecule has 106 valence electrons. The van der Waals surface area contributed by atoms with E-state index in [-0.39, 0.29) is 0 Å². The molecule has 1 atom stereocenters. The Morgan fingerprint density at radius 3 is 2.70 bits per heavy atom. The van der Waals surface area contributed by atoms with Gasteiger partial charge in [0.1, 0.15) is 5.15 Å². The largest absolute Gasteiger partial charge is 0.389 e. The van der Waals surface area contributed by atoms with E-state index in [2.05, 4.69) is 23.3 Å². The summed E-state index contributed by atoms with van der Waals surface area (Å²) in [6, 6.07) is 8.35. The summed E-state index contributed by atoms with van der Waals surface area (Å²) in [5.74, 6) is 0. The maximum absolute atomic E-state index is 10.9. The Bertz CT molecular complexity index is 650. The van der Waals surface area contributed by atoms with Crippen LogP contribution in [-0.2, 0) is 26.3 Å². The SMILES string of the molecule is Cc1nn(C)c(Cl)c1CC1(O)CCc2ccccc2C1. The van der Waals surface area contributed by atoms with E-state index in [0.29, 0.717) is 18.0 Å². The van der Waals surface area contributed by atoms with Crippen LogP contribution in [0.2, 0.25) is 5.15 Å². The first-order valence-electron chi connectivity index (χ1n) is 6.96. The summed E-state index contributed by atoms with van der Waals surface area (Å²) in [5.41, 5.74) is 3.76. The molecular weight excluding hydrogens is 272 g/mol. The number of rotatable bonds is 2. The Morgan fingerprint density at radius 2 is 2.05 bits per heavy atom. The molecule has 1 heterocycles. The van der Waals surface area contributed by atoms with Gasteiger partial charge in [-0.2, -0.15) is 5.10 Å². The third kappa shape index (κ3) is 2.36. The van der Waals surface area contributed by atoms with Gasteiger partial charge in [-0.1, -0.05) is 35.9 Å². The molecule has 0 radical (unpaired) electrons. The van der Waals surface area contributed by atoms with E-state index in [4.69, 9.17) is 11.6 Å². The number of halogens is 1. The van der Waals surface area contributed by atoms with E-state index in [1.54, 1.807) is 4.68 Å². The van der Waals surface area contributed by atoms with Crippen molar-refractivity contribution in [3.05, 3.63) is 51.8 Å². The van der Waals surface area contributed by atoms with Crippen molar-refractivity contribution in [2.75, 3.05) is 0 Å². The Morgan fingerprint density at radius 1 is 1.35 bits per heavy atom. The van der Waals surface area contributed by atoms with Crippen LogP contribution in [-0.4, -0.2) is 20.5 Å². The second kappa shape index (κ2) is 4.90. The molecule has 1 aromatic carbocycles. The van der Waals surface area contributed by atoms with Gasteiger partial charge < -0.3 is 5.11 Å². The van der Waals surface area contributed by atoms with E-state index in [0.717, 1.165) is 24.1 Å². The van der Waals surface area contributed by atoms with Crippen molar-refractivity contribution in [3.63, 3.8) is 0 Å². The molecular formula is C16H19ClN2O. The van der Waals surface area contributed by atoms with Crippen LogP contribution in [0.1, 0.15) is 28.8 Å². The molecule has 0 aliphatic heterocycles. The van der Waals surface area contributed by atoms with Crippen molar-refractivity contribution in [3.8, 4) is 0 Å². The van der Waals surface area contributed by atoms with E-state index < -0.39 is 5.60 Å². The molecule has 0 fully saturated rings. The van der Waals surface area contributed by atoms with Crippen LogP contribution >= 0.6 is 11.6 Å². The Labute approximate surface area is 124 Å². The molecule has 4 heteroatoms. The third-order valence-corrected chi connectivity index (χ3v) is 4.75. The molecule has 1 N–H and O–H groups in total. The maximum Gasteiger partial charge on any atom is 0.130 e. The first-order valence-corrected chi connectivity index (χ1v) is 7.33. The summed E-state index contributed by atoms with van der Waals surface area (Å²) >= 11 is 6.28. The van der Waals surface area contributed by atoms with Crippen LogP contribution < -0.4 is 0 Å². The lowest BCUT2D eigenvalue weighted by Gasteiger charge is -2.33. The van der Waals surface area contributed by atoms with Crippen molar-refractivity contribution in [2.24, 2.45) is 7.05 Å². The highest BCUT2D eigenvalue weighted by atomic mass is 35.5. The molecule has 3 rings (SSSR count). The summed E-state index contributed by atoms with van der Waals surface area (Å²) < 4.78 is 1.67. The predicted octanol–water partition coefficient (Wildman–Crippen LogP) is 2.84. The Kier molecular flexibility index (Phi) is 3.35. The van der Waals surface area contributed by atoms with Gasteiger partial charge in [0.25, 0.3) is 0 Å². The number of hydrogen-bond donors (Lipinski definition) is 1. The number of aliphatic hydroxyl groups is 1. The molecule has 1 aliphatic rings. The van der Waals surface area contributed by atoms with Crippen molar-refractivity contribution >= 4 is 11.6 Å². The van der Waals surface area contributed by atoms with Crippen molar-refractivity contribution < 1.29 is 5.11 Å². The number of benzene rings is 1. The number of nitrogens with zero attached hydrogens (tertiary/aromatic N) is 2. The normalized spacial score (nSPS) is 21.8. The van der Waals surface area contributed by atoms with E-state index in [1.165, 1.54) is 11.1 Å². The molecule has 0 saturated carbocycles. The molecule has 0 bridgehead atoms. The Hall–Kier alpha value is -1.32. The molecule has 0 spiro atoms. The summed E-state index contributed by atoms with van der Waals surface area (Å²) in [7, 11) is 1.83. The van der Waals surface area contributed by atoms with Gasteiger partial charge in [0, 0.05) is 25.5 Å². The lowest BCUT2D eigenvalue weighted by Crippen LogP contribution is -2.38. The van der Waals surface area contributed by atoms with Crippen LogP contribution in [0.4, 0.5) is 0 Å². The fourth-order valence-corrected chi connectivity index (χ4v) is 3.38. The third-order valence-electron chi connectivity index (χ3n) is 4.27. The molecule has 1 aromatic heterocycles. The lowest BCUT2D eigenvalue weighted by molar-refractivity contribution is 0.0266. The van der Waals surface area contributed by atoms with E-state index in [1.807, 2.05) is 20.0 Å². The average molecular weight is 291 g/mol. The fraction of sp³-hybridized carbons (Fsp3) is 0.438. The molecule has 20 heavy (non-hydrogen) atoms. The number of hydrogen-bond acceptors (Lipinski definition) is 2. The van der Waals surface area contributed by atoms with Crippen LogP contribution in [0.5, 0.6) is 0 Å². The van der Waals surface area contributed by atoms with Crippen molar-refractivity contribution in [1.82, 2.24) is 9.78 Å². The summed E-state index contributed by atoms with van der Waals surface area (Å²) in [6.45, 7) is 1.95. The highest BCUT2D eigenvalue weighted by Gasteiger charge is 2.34. The number of fused-ring (bicyclic) bond motifs is 1. The van der Waals surface area contributed by atoms with E-state index >= 15 is 0 Å². The number of aryl methyl sites for hydroxylation is 3. The first-order chi connectivity index (χ1) is 9.48. The number of aromatic nitrogens is 2. The Balaban J connectivity index is 1.88. The topological polar surface area (TPSA) is 38.0 Å². The van der Waals surface area contributed by atoms with Crippen molar-refractivity contribution in [2.45, 2.75) is 38.2 Å². The minimum atomic E-state index is -0.716. The zero-order chi connectivity index (χ0) is 14.3. The minimum Gasteiger partial charge on any atom is -0.389 e. The second-order valence-corrected chi connectivity index (χ2v) is 6.18. The average Bonchev–Trinajstić information content (AvgIpc) is 2.65. The molecule has 1 aliphatic carbocycles. The van der Waals surface area contributed by atoms with Gasteiger partial charge in [0.2, 0.25) is 0 Å². The molecule has 3 nitrogen and oxygen atoms in total. The lowest BCUT2D eigenvalue weighted by atomic mass is 9.77. The maximum atomic E-state index is 10.9. The van der Waals surface area contributed by atoms with Crippen LogP contribution in [0, 0.1) is 6.92 Å². The van der Waals surface area contributed by atoms with Crippen LogP contribution in [0.15, 0.2) is 24.3 Å². The van der Waals surface area contributed by atoms with Gasteiger partial charge in [-0.3, -0.25) is 4.68 Å². The van der Waals surface area contributed by atoms with Gasteiger partial charge in [0.15, 0.2) is 0 Å². The van der Waals surface area contributed by atoms with Gasteiger partial charge in [-0.25, -0.2) is 0 Å². The smallest absolute Gasteiger partial charge is 0.130 e. The summed E-state index contributed by atoms with van der Waals surface area (Å²) in [5, 5.41) is 15.9. The first kappa shape index (κ1) is 13.7. The highest BCUT2D eigenvalue weighted by Crippen LogP contribution is 2.33. The van der Waals surface area contributed by atoms with Crippen LogP contribution in [0.25, 0.3) is 0 Å². The van der Waals surface area contributed by atoms with Gasteiger partial charge in [-0.15, -0.1) is 0 Å². The van der Waals surface area contributed by atoms with E-state index in [9.17, 15) is 5.11 Å². The quantitative estimate of drug-likeness (QED) is 0.923.